The molecule has 4 rings (SSSR count). The van der Waals surface area contributed by atoms with Gasteiger partial charge in [-0.1, -0.05) is 0 Å². The van der Waals surface area contributed by atoms with Gasteiger partial charge in [-0.25, -0.2) is 17.8 Å². The molecule has 0 amide bonds. The van der Waals surface area contributed by atoms with Gasteiger partial charge in [0.2, 0.25) is 9.84 Å². The van der Waals surface area contributed by atoms with Crippen LogP contribution in [0.3, 0.4) is 0 Å². The summed E-state index contributed by atoms with van der Waals surface area (Å²) in [5.41, 5.74) is 0.208. The van der Waals surface area contributed by atoms with Gasteiger partial charge < -0.3 is 0 Å². The Morgan fingerprint density at radius 3 is 2.61 bits per heavy atom. The number of aromatic amines is 1. The van der Waals surface area contributed by atoms with Gasteiger partial charge in [0, 0.05) is 17.8 Å². The van der Waals surface area contributed by atoms with E-state index in [-0.39, 0.29) is 26.4 Å². The number of aromatic nitrogens is 6. The molecule has 0 unspecified atom stereocenters. The van der Waals surface area contributed by atoms with Crippen molar-refractivity contribution >= 4 is 20.6 Å². The first kappa shape index (κ1) is 18.0. The molecule has 1 N–H and O–H groups in total. The standard InChI is InChI=1S/C16H12F2N6O3S/c17-16(18)24-9-13(7-21-24)28(26,27)12-1-2-14-10(5-12)6-20-23(15(14)25)8-11-3-4-19-22-11/h1-7,9,16H,8H2,(H,19,22). The Hall–Kier alpha value is -3.41. The average molecular weight is 406 g/mol. The maximum absolute atomic E-state index is 12.7. The van der Waals surface area contributed by atoms with Crippen LogP contribution in [0.1, 0.15) is 12.2 Å². The number of nitrogens with zero attached hydrogens (tertiary/aromatic N) is 5. The highest BCUT2D eigenvalue weighted by Crippen LogP contribution is 2.24. The van der Waals surface area contributed by atoms with Crippen molar-refractivity contribution in [2.75, 3.05) is 0 Å². The van der Waals surface area contributed by atoms with Gasteiger partial charge in [-0.15, -0.1) is 0 Å². The fraction of sp³-hybridized carbons (Fsp3) is 0.125. The highest BCUT2D eigenvalue weighted by Gasteiger charge is 2.22. The van der Waals surface area contributed by atoms with E-state index in [1.165, 1.54) is 29.1 Å². The quantitative estimate of drug-likeness (QED) is 0.538. The maximum Gasteiger partial charge on any atom is 0.333 e. The molecule has 9 nitrogen and oxygen atoms in total. The molecule has 0 aliphatic rings. The predicted molar refractivity (Wildman–Crippen MR) is 92.6 cm³/mol. The summed E-state index contributed by atoms with van der Waals surface area (Å²) in [4.78, 5) is 12.1. The number of sulfone groups is 1. The van der Waals surface area contributed by atoms with Crippen LogP contribution in [-0.2, 0) is 16.4 Å². The zero-order valence-electron chi connectivity index (χ0n) is 14.0. The lowest BCUT2D eigenvalue weighted by Gasteiger charge is -2.06. The molecule has 0 bridgehead atoms. The zero-order valence-corrected chi connectivity index (χ0v) is 14.8. The minimum Gasteiger partial charge on any atom is -0.285 e. The smallest absolute Gasteiger partial charge is 0.285 e. The summed E-state index contributed by atoms with van der Waals surface area (Å²) in [6.45, 7) is -2.79. The second-order valence-electron chi connectivity index (χ2n) is 5.86. The topological polar surface area (TPSA) is 116 Å². The monoisotopic (exact) mass is 406 g/mol. The molecule has 0 aliphatic heterocycles. The predicted octanol–water partition coefficient (Wildman–Crippen LogP) is 1.59. The third kappa shape index (κ3) is 3.07. The molecule has 1 aromatic carbocycles. The van der Waals surface area contributed by atoms with E-state index in [2.05, 4.69) is 20.4 Å². The number of hydrogen-bond donors (Lipinski definition) is 1. The molecule has 0 aliphatic carbocycles. The Bertz CT molecular complexity index is 1310. The first-order chi connectivity index (χ1) is 13.4. The molecule has 28 heavy (non-hydrogen) atoms. The van der Waals surface area contributed by atoms with E-state index in [9.17, 15) is 22.0 Å². The molecular formula is C16H12F2N6O3S. The van der Waals surface area contributed by atoms with E-state index in [0.29, 0.717) is 11.1 Å². The number of benzene rings is 1. The van der Waals surface area contributed by atoms with Crippen molar-refractivity contribution < 1.29 is 17.2 Å². The largest absolute Gasteiger partial charge is 0.333 e. The summed E-state index contributed by atoms with van der Waals surface area (Å²) in [6.07, 6.45) is 4.59. The van der Waals surface area contributed by atoms with Crippen molar-refractivity contribution in [3.63, 3.8) is 0 Å². The number of fused-ring (bicyclic) bond motifs is 1. The molecular weight excluding hydrogens is 394 g/mol. The van der Waals surface area contributed by atoms with Crippen LogP contribution in [0.4, 0.5) is 8.78 Å². The number of nitrogens with one attached hydrogen (secondary N) is 1. The molecule has 12 heteroatoms. The molecule has 0 saturated carbocycles. The van der Waals surface area contributed by atoms with E-state index < -0.39 is 21.9 Å². The van der Waals surface area contributed by atoms with E-state index in [1.54, 1.807) is 12.3 Å². The van der Waals surface area contributed by atoms with Crippen molar-refractivity contribution in [2.24, 2.45) is 0 Å². The second-order valence-corrected chi connectivity index (χ2v) is 7.81. The third-order valence-electron chi connectivity index (χ3n) is 4.09. The number of H-pyrrole nitrogens is 1. The summed E-state index contributed by atoms with van der Waals surface area (Å²) < 4.78 is 52.1. The van der Waals surface area contributed by atoms with Gasteiger partial charge in [0.1, 0.15) is 4.90 Å². The highest BCUT2D eigenvalue weighted by atomic mass is 32.2. The molecule has 0 saturated heterocycles. The zero-order chi connectivity index (χ0) is 19.9. The van der Waals surface area contributed by atoms with Gasteiger partial charge in [0.15, 0.2) is 0 Å². The van der Waals surface area contributed by atoms with Crippen LogP contribution in [-0.4, -0.2) is 38.2 Å². The van der Waals surface area contributed by atoms with Crippen LogP contribution in [0.2, 0.25) is 0 Å². The third-order valence-corrected chi connectivity index (χ3v) is 5.80. The fourth-order valence-corrected chi connectivity index (χ4v) is 3.91. The summed E-state index contributed by atoms with van der Waals surface area (Å²) in [6, 6.07) is 5.59. The Morgan fingerprint density at radius 2 is 1.93 bits per heavy atom. The molecule has 3 heterocycles. The van der Waals surface area contributed by atoms with Gasteiger partial charge in [0.25, 0.3) is 5.56 Å². The maximum atomic E-state index is 12.7. The molecule has 0 radical (unpaired) electrons. The second kappa shape index (κ2) is 6.64. The number of hydrogen-bond acceptors (Lipinski definition) is 6. The van der Waals surface area contributed by atoms with Crippen molar-refractivity contribution in [3.05, 3.63) is 65.1 Å². The SMILES string of the molecule is O=c1c2ccc(S(=O)(=O)c3cnn(C(F)F)c3)cc2cnn1Cc1cc[nH]n1. The van der Waals surface area contributed by atoms with E-state index in [0.717, 1.165) is 12.4 Å². The molecule has 4 aromatic rings. The number of rotatable bonds is 5. The Labute approximate surface area is 156 Å². The molecule has 0 spiro atoms. The number of alkyl halides is 2. The summed E-state index contributed by atoms with van der Waals surface area (Å²) in [7, 11) is -4.07. The van der Waals surface area contributed by atoms with Gasteiger partial charge >= 0.3 is 6.55 Å². The first-order valence-corrected chi connectivity index (χ1v) is 9.40. The van der Waals surface area contributed by atoms with Crippen molar-refractivity contribution in [1.29, 1.82) is 0 Å². The Morgan fingerprint density at radius 1 is 1.11 bits per heavy atom. The summed E-state index contributed by atoms with van der Waals surface area (Å²) in [5.74, 6) is 0. The average Bonchev–Trinajstić information content (AvgIpc) is 3.36. The first-order valence-electron chi connectivity index (χ1n) is 7.92. The highest BCUT2D eigenvalue weighted by molar-refractivity contribution is 7.91. The van der Waals surface area contributed by atoms with Gasteiger partial charge in [-0.3, -0.25) is 9.89 Å². The van der Waals surface area contributed by atoms with Crippen LogP contribution in [0, 0.1) is 0 Å². The van der Waals surface area contributed by atoms with Crippen molar-refractivity contribution in [2.45, 2.75) is 22.9 Å². The minimum atomic E-state index is -4.07. The van der Waals surface area contributed by atoms with Gasteiger partial charge in [-0.05, 0) is 24.3 Å². The van der Waals surface area contributed by atoms with Crippen LogP contribution in [0.25, 0.3) is 10.8 Å². The normalized spacial score (nSPS) is 12.1. The summed E-state index contributed by atoms with van der Waals surface area (Å²) in [5, 5.41) is 14.6. The Balaban J connectivity index is 1.74. The van der Waals surface area contributed by atoms with Crippen LogP contribution < -0.4 is 5.56 Å². The molecule has 144 valence electrons. The van der Waals surface area contributed by atoms with Crippen LogP contribution >= 0.6 is 0 Å². The van der Waals surface area contributed by atoms with Crippen molar-refractivity contribution in [3.8, 4) is 0 Å². The van der Waals surface area contributed by atoms with Crippen LogP contribution in [0.15, 0.2) is 63.6 Å². The van der Waals surface area contributed by atoms with Crippen molar-refractivity contribution in [1.82, 2.24) is 29.8 Å². The van der Waals surface area contributed by atoms with Gasteiger partial charge in [0.05, 0.1) is 34.9 Å². The van der Waals surface area contributed by atoms with E-state index in [1.807, 2.05) is 0 Å². The lowest BCUT2D eigenvalue weighted by molar-refractivity contribution is 0.0564. The molecule has 3 aromatic heterocycles. The van der Waals surface area contributed by atoms with Gasteiger partial charge in [-0.2, -0.15) is 24.1 Å². The molecule has 0 atom stereocenters. The Kier molecular flexibility index (Phi) is 4.26. The van der Waals surface area contributed by atoms with E-state index in [4.69, 9.17) is 0 Å². The molecule has 0 fully saturated rings. The number of halogens is 2. The fourth-order valence-electron chi connectivity index (χ4n) is 2.68. The van der Waals surface area contributed by atoms with E-state index >= 15 is 0 Å². The van der Waals surface area contributed by atoms with Crippen LogP contribution in [0.5, 0.6) is 0 Å². The lowest BCUT2D eigenvalue weighted by atomic mass is 10.2. The summed E-state index contributed by atoms with van der Waals surface area (Å²) >= 11 is 0. The lowest BCUT2D eigenvalue weighted by Crippen LogP contribution is -2.23. The minimum absolute atomic E-state index is 0.153.